The van der Waals surface area contributed by atoms with Gasteiger partial charge in [-0.25, -0.2) is 4.39 Å². The quantitative estimate of drug-likeness (QED) is 0.690. The minimum Gasteiger partial charge on any atom is -0.382 e. The van der Waals surface area contributed by atoms with E-state index in [1.165, 1.54) is 32.1 Å². The number of rotatable bonds is 4. The van der Waals surface area contributed by atoms with E-state index in [0.717, 1.165) is 11.3 Å². The maximum absolute atomic E-state index is 15.5. The first-order valence-electron chi connectivity index (χ1n) is 11.3. The molecule has 1 saturated carbocycles. The SMILES string of the molecule is Cc1ccc(C(=O)N2CCC(F)(c3ccc(C#N)cc3)CC2)cc1NC1CCCCC1. The Bertz CT molecular complexity index is 965. The van der Waals surface area contributed by atoms with Crippen LogP contribution >= 0.6 is 0 Å². The molecule has 1 aliphatic carbocycles. The normalized spacial score (nSPS) is 18.9. The highest BCUT2D eigenvalue weighted by molar-refractivity contribution is 5.95. The number of anilines is 1. The van der Waals surface area contributed by atoms with E-state index in [9.17, 15) is 4.79 Å². The van der Waals surface area contributed by atoms with Crippen molar-refractivity contribution in [1.29, 1.82) is 5.26 Å². The van der Waals surface area contributed by atoms with Crippen LogP contribution < -0.4 is 5.32 Å². The van der Waals surface area contributed by atoms with Crippen LogP contribution in [-0.4, -0.2) is 29.9 Å². The zero-order valence-electron chi connectivity index (χ0n) is 18.2. The number of amides is 1. The molecule has 4 rings (SSSR count). The lowest BCUT2D eigenvalue weighted by Crippen LogP contribution is -2.43. The molecule has 0 spiro atoms. The lowest BCUT2D eigenvalue weighted by molar-refractivity contribution is 0.0421. The van der Waals surface area contributed by atoms with Gasteiger partial charge in [0.15, 0.2) is 0 Å². The molecule has 1 amide bonds. The van der Waals surface area contributed by atoms with Gasteiger partial charge in [-0.2, -0.15) is 5.26 Å². The molecule has 1 saturated heterocycles. The third-order valence-electron chi connectivity index (χ3n) is 6.82. The summed E-state index contributed by atoms with van der Waals surface area (Å²) in [7, 11) is 0. The number of hydrogen-bond acceptors (Lipinski definition) is 3. The van der Waals surface area contributed by atoms with Crippen molar-refractivity contribution in [3.05, 3.63) is 64.7 Å². The predicted molar refractivity (Wildman–Crippen MR) is 121 cm³/mol. The molecule has 5 heteroatoms. The van der Waals surface area contributed by atoms with E-state index < -0.39 is 5.67 Å². The fourth-order valence-corrected chi connectivity index (χ4v) is 4.76. The summed E-state index contributed by atoms with van der Waals surface area (Å²) in [6.45, 7) is 2.83. The maximum Gasteiger partial charge on any atom is 0.253 e. The largest absolute Gasteiger partial charge is 0.382 e. The van der Waals surface area contributed by atoms with Crippen molar-refractivity contribution in [3.63, 3.8) is 0 Å². The van der Waals surface area contributed by atoms with Crippen molar-refractivity contribution in [3.8, 4) is 6.07 Å². The topological polar surface area (TPSA) is 56.1 Å². The molecule has 0 bridgehead atoms. The highest BCUT2D eigenvalue weighted by Crippen LogP contribution is 2.37. The van der Waals surface area contributed by atoms with Gasteiger partial charge in [-0.3, -0.25) is 4.79 Å². The Morgan fingerprint density at radius 2 is 1.77 bits per heavy atom. The highest BCUT2D eigenvalue weighted by atomic mass is 19.1. The summed E-state index contributed by atoms with van der Waals surface area (Å²) in [4.78, 5) is 14.9. The third kappa shape index (κ3) is 4.74. The first-order valence-corrected chi connectivity index (χ1v) is 11.3. The van der Waals surface area contributed by atoms with Crippen LogP contribution in [0, 0.1) is 18.3 Å². The lowest BCUT2D eigenvalue weighted by Gasteiger charge is -2.37. The third-order valence-corrected chi connectivity index (χ3v) is 6.82. The summed E-state index contributed by atoms with van der Waals surface area (Å²) in [5.41, 5.74) is 2.50. The fourth-order valence-electron chi connectivity index (χ4n) is 4.76. The number of alkyl halides is 1. The second-order valence-electron chi connectivity index (χ2n) is 8.96. The standard InChI is InChI=1S/C26H30FN3O/c1-19-7-10-21(17-24(19)29-23-5-3-2-4-6-23)25(31)30-15-13-26(27,14-16-30)22-11-8-20(18-28)9-12-22/h7-12,17,23,29H,2-6,13-16H2,1H3. The molecule has 1 N–H and O–H groups in total. The van der Waals surface area contributed by atoms with Gasteiger partial charge in [-0.05, 0) is 55.2 Å². The van der Waals surface area contributed by atoms with Crippen LogP contribution in [0.1, 0.15) is 72.0 Å². The van der Waals surface area contributed by atoms with E-state index in [2.05, 4.69) is 18.3 Å². The number of carbonyl (C=O) groups is 1. The Hall–Kier alpha value is -2.87. The number of hydrogen-bond donors (Lipinski definition) is 1. The van der Waals surface area contributed by atoms with Gasteiger partial charge in [0.25, 0.3) is 5.91 Å². The molecule has 0 atom stereocenters. The smallest absolute Gasteiger partial charge is 0.253 e. The molecule has 1 aliphatic heterocycles. The summed E-state index contributed by atoms with van der Waals surface area (Å²) >= 11 is 0. The Morgan fingerprint density at radius 1 is 1.10 bits per heavy atom. The average Bonchev–Trinajstić information content (AvgIpc) is 2.81. The van der Waals surface area contributed by atoms with Crippen LogP contribution in [0.3, 0.4) is 0 Å². The molecule has 2 fully saturated rings. The van der Waals surface area contributed by atoms with Crippen molar-refractivity contribution in [2.75, 3.05) is 18.4 Å². The molecule has 0 aromatic heterocycles. The number of halogens is 1. The van der Waals surface area contributed by atoms with Gasteiger partial charge in [0.2, 0.25) is 0 Å². The number of nitrogens with one attached hydrogen (secondary N) is 1. The van der Waals surface area contributed by atoms with Crippen molar-refractivity contribution in [1.82, 2.24) is 4.90 Å². The number of likely N-dealkylation sites (tertiary alicyclic amines) is 1. The van der Waals surface area contributed by atoms with Crippen LogP contribution in [0.4, 0.5) is 10.1 Å². The van der Waals surface area contributed by atoms with Crippen LogP contribution in [-0.2, 0) is 5.67 Å². The highest BCUT2D eigenvalue weighted by Gasteiger charge is 2.37. The van der Waals surface area contributed by atoms with Crippen LogP contribution in [0.25, 0.3) is 0 Å². The van der Waals surface area contributed by atoms with E-state index in [1.807, 2.05) is 18.2 Å². The minimum absolute atomic E-state index is 0.0337. The molecule has 1 heterocycles. The van der Waals surface area contributed by atoms with Gasteiger partial charge in [0.1, 0.15) is 5.67 Å². The number of aryl methyl sites for hydroxylation is 1. The minimum atomic E-state index is -1.45. The molecule has 31 heavy (non-hydrogen) atoms. The molecule has 4 nitrogen and oxygen atoms in total. The molecule has 0 radical (unpaired) electrons. The van der Waals surface area contributed by atoms with Gasteiger partial charge in [0, 0.05) is 43.2 Å². The average molecular weight is 420 g/mol. The lowest BCUT2D eigenvalue weighted by atomic mass is 9.85. The van der Waals surface area contributed by atoms with Crippen molar-refractivity contribution < 1.29 is 9.18 Å². The first-order chi connectivity index (χ1) is 15.0. The monoisotopic (exact) mass is 419 g/mol. The number of nitrogens with zero attached hydrogens (tertiary/aromatic N) is 2. The Balaban J connectivity index is 1.42. The number of carbonyl (C=O) groups excluding carboxylic acids is 1. The molecule has 2 aliphatic rings. The van der Waals surface area contributed by atoms with Gasteiger partial charge < -0.3 is 10.2 Å². The van der Waals surface area contributed by atoms with E-state index in [0.29, 0.717) is 35.8 Å². The van der Waals surface area contributed by atoms with Crippen LogP contribution in [0.15, 0.2) is 42.5 Å². The van der Waals surface area contributed by atoms with E-state index in [1.54, 1.807) is 29.2 Å². The summed E-state index contributed by atoms with van der Waals surface area (Å²) in [5.74, 6) is -0.0337. The zero-order valence-corrected chi connectivity index (χ0v) is 18.2. The second kappa shape index (κ2) is 9.09. The van der Waals surface area contributed by atoms with E-state index in [4.69, 9.17) is 5.26 Å². The Morgan fingerprint density at radius 3 is 2.42 bits per heavy atom. The molecule has 162 valence electrons. The first kappa shape index (κ1) is 21.4. The number of piperidine rings is 1. The van der Waals surface area contributed by atoms with E-state index in [-0.39, 0.29) is 18.7 Å². The predicted octanol–water partition coefficient (Wildman–Crippen LogP) is 5.71. The van der Waals surface area contributed by atoms with Crippen LogP contribution in [0.5, 0.6) is 0 Å². The number of benzene rings is 2. The summed E-state index contributed by atoms with van der Waals surface area (Å²) in [5, 5.41) is 12.6. The van der Waals surface area contributed by atoms with Gasteiger partial charge in [0.05, 0.1) is 11.6 Å². The summed E-state index contributed by atoms with van der Waals surface area (Å²) < 4.78 is 15.5. The van der Waals surface area contributed by atoms with Crippen molar-refractivity contribution in [2.45, 2.75) is 63.6 Å². The van der Waals surface area contributed by atoms with Crippen LogP contribution in [0.2, 0.25) is 0 Å². The fraction of sp³-hybridized carbons (Fsp3) is 0.462. The number of nitriles is 1. The summed E-state index contributed by atoms with van der Waals surface area (Å²) in [6.07, 6.45) is 6.71. The molecule has 0 unspecified atom stereocenters. The van der Waals surface area contributed by atoms with Crippen molar-refractivity contribution in [2.24, 2.45) is 0 Å². The van der Waals surface area contributed by atoms with Gasteiger partial charge in [-0.15, -0.1) is 0 Å². The van der Waals surface area contributed by atoms with Gasteiger partial charge in [-0.1, -0.05) is 37.5 Å². The summed E-state index contributed by atoms with van der Waals surface area (Å²) in [6, 6.07) is 15.1. The van der Waals surface area contributed by atoms with Crippen molar-refractivity contribution >= 4 is 11.6 Å². The zero-order chi connectivity index (χ0) is 21.8. The Labute approximate surface area is 184 Å². The van der Waals surface area contributed by atoms with Gasteiger partial charge >= 0.3 is 0 Å². The van der Waals surface area contributed by atoms with E-state index >= 15 is 4.39 Å². The molecule has 2 aromatic rings. The second-order valence-corrected chi connectivity index (χ2v) is 8.96. The molecule has 2 aromatic carbocycles. The molecular formula is C26H30FN3O. The molecular weight excluding hydrogens is 389 g/mol. The Kier molecular flexibility index (Phi) is 6.27. The maximum atomic E-state index is 15.5.